The third kappa shape index (κ3) is 4.19. The van der Waals surface area contributed by atoms with Crippen LogP contribution in [-0.4, -0.2) is 29.6 Å². The van der Waals surface area contributed by atoms with Gasteiger partial charge in [-0.15, -0.1) is 0 Å². The molecule has 1 aliphatic carbocycles. The first-order valence-electron chi connectivity index (χ1n) is 7.03. The van der Waals surface area contributed by atoms with Gasteiger partial charge in [-0.25, -0.2) is 8.42 Å². The molecule has 19 heavy (non-hydrogen) atoms. The van der Waals surface area contributed by atoms with Crippen LogP contribution in [0.4, 0.5) is 0 Å². The van der Waals surface area contributed by atoms with E-state index < -0.39 is 14.6 Å². The van der Waals surface area contributed by atoms with Crippen molar-refractivity contribution in [3.05, 3.63) is 0 Å². The van der Waals surface area contributed by atoms with Gasteiger partial charge in [-0.2, -0.15) is 0 Å². The molecule has 0 amide bonds. The van der Waals surface area contributed by atoms with Gasteiger partial charge in [0.05, 0.1) is 10.5 Å². The fourth-order valence-corrected chi connectivity index (χ4v) is 6.47. The standard InChI is InChI=1S/C14H26Br2O2S/c1-13(2,3)19(17,18)9-8-14(10-15,11-16)12-6-4-5-7-12/h12H,4-11H2,1-3H3. The molecule has 0 bridgehead atoms. The summed E-state index contributed by atoms with van der Waals surface area (Å²) in [4.78, 5) is 0. The van der Waals surface area contributed by atoms with Gasteiger partial charge in [0, 0.05) is 10.7 Å². The SMILES string of the molecule is CC(C)(C)S(=O)(=O)CCC(CBr)(CBr)C1CCCC1. The third-order valence-corrected chi connectivity index (χ3v) is 9.40. The molecule has 1 fully saturated rings. The quantitative estimate of drug-likeness (QED) is 0.593. The van der Waals surface area contributed by atoms with Crippen molar-refractivity contribution in [2.45, 2.75) is 57.6 Å². The van der Waals surface area contributed by atoms with E-state index in [0.29, 0.717) is 11.7 Å². The first kappa shape index (κ1) is 18.0. The Morgan fingerprint density at radius 3 is 1.89 bits per heavy atom. The highest BCUT2D eigenvalue weighted by Crippen LogP contribution is 2.45. The second kappa shape index (κ2) is 6.78. The topological polar surface area (TPSA) is 34.1 Å². The van der Waals surface area contributed by atoms with Crippen LogP contribution >= 0.6 is 31.9 Å². The number of hydrogen-bond donors (Lipinski definition) is 0. The van der Waals surface area contributed by atoms with E-state index in [0.717, 1.165) is 17.1 Å². The maximum Gasteiger partial charge on any atom is 0.155 e. The number of halogens is 2. The first-order valence-corrected chi connectivity index (χ1v) is 10.9. The predicted molar refractivity (Wildman–Crippen MR) is 90.1 cm³/mol. The van der Waals surface area contributed by atoms with Gasteiger partial charge >= 0.3 is 0 Å². The molecule has 114 valence electrons. The molecular weight excluding hydrogens is 392 g/mol. The van der Waals surface area contributed by atoms with Crippen LogP contribution in [0, 0.1) is 11.3 Å². The number of rotatable bonds is 6. The smallest absolute Gasteiger partial charge is 0.155 e. The van der Waals surface area contributed by atoms with Gasteiger partial charge in [-0.1, -0.05) is 44.7 Å². The molecule has 1 aliphatic rings. The average Bonchev–Trinajstić information content (AvgIpc) is 2.84. The molecule has 0 aromatic rings. The van der Waals surface area contributed by atoms with Gasteiger partial charge in [-0.3, -0.25) is 0 Å². The van der Waals surface area contributed by atoms with Gasteiger partial charge in [0.25, 0.3) is 0 Å². The van der Waals surface area contributed by atoms with Crippen molar-refractivity contribution in [2.75, 3.05) is 16.4 Å². The maximum absolute atomic E-state index is 12.3. The molecule has 1 saturated carbocycles. The Hall–Kier alpha value is 0.910. The largest absolute Gasteiger partial charge is 0.228 e. The van der Waals surface area contributed by atoms with Crippen molar-refractivity contribution < 1.29 is 8.42 Å². The number of hydrogen-bond acceptors (Lipinski definition) is 2. The van der Waals surface area contributed by atoms with Gasteiger partial charge < -0.3 is 0 Å². The summed E-state index contributed by atoms with van der Waals surface area (Å²) in [6.45, 7) is 5.38. The van der Waals surface area contributed by atoms with Crippen LogP contribution in [0.1, 0.15) is 52.9 Å². The van der Waals surface area contributed by atoms with Crippen LogP contribution in [0.25, 0.3) is 0 Å². The van der Waals surface area contributed by atoms with Crippen molar-refractivity contribution in [2.24, 2.45) is 11.3 Å². The van der Waals surface area contributed by atoms with Crippen molar-refractivity contribution in [1.29, 1.82) is 0 Å². The molecule has 0 heterocycles. The minimum absolute atomic E-state index is 0.0921. The normalized spacial score (nSPS) is 19.0. The number of sulfone groups is 1. The molecule has 0 saturated heterocycles. The molecule has 0 atom stereocenters. The molecule has 5 heteroatoms. The zero-order chi connectivity index (χ0) is 14.7. The van der Waals surface area contributed by atoms with Gasteiger partial charge in [0.2, 0.25) is 0 Å². The molecule has 0 aromatic heterocycles. The fourth-order valence-electron chi connectivity index (χ4n) is 2.77. The summed E-state index contributed by atoms with van der Waals surface area (Å²) in [5.41, 5.74) is 0.0921. The fraction of sp³-hybridized carbons (Fsp3) is 1.00. The van der Waals surface area contributed by atoms with E-state index in [-0.39, 0.29) is 5.41 Å². The first-order chi connectivity index (χ1) is 8.68. The highest BCUT2D eigenvalue weighted by Gasteiger charge is 2.40. The summed E-state index contributed by atoms with van der Waals surface area (Å²) < 4.78 is 24.0. The van der Waals surface area contributed by atoms with Gasteiger partial charge in [0.1, 0.15) is 0 Å². The second-order valence-corrected chi connectivity index (χ2v) is 10.8. The van der Waals surface area contributed by atoms with Crippen LogP contribution in [0.5, 0.6) is 0 Å². The van der Waals surface area contributed by atoms with E-state index in [9.17, 15) is 8.42 Å². The van der Waals surface area contributed by atoms with Crippen LogP contribution < -0.4 is 0 Å². The summed E-state index contributed by atoms with van der Waals surface area (Å²) in [6, 6.07) is 0. The van der Waals surface area contributed by atoms with E-state index in [4.69, 9.17) is 0 Å². The maximum atomic E-state index is 12.3. The monoisotopic (exact) mass is 416 g/mol. The highest BCUT2D eigenvalue weighted by molar-refractivity contribution is 9.09. The molecule has 0 aromatic carbocycles. The van der Waals surface area contributed by atoms with E-state index in [2.05, 4.69) is 31.9 Å². The summed E-state index contributed by atoms with van der Waals surface area (Å²) in [6.07, 6.45) is 5.82. The van der Waals surface area contributed by atoms with Crippen LogP contribution in [0.2, 0.25) is 0 Å². The lowest BCUT2D eigenvalue weighted by Crippen LogP contribution is -2.38. The lowest BCUT2D eigenvalue weighted by atomic mass is 9.75. The molecule has 0 radical (unpaired) electrons. The Morgan fingerprint density at radius 1 is 1.05 bits per heavy atom. The van der Waals surface area contributed by atoms with E-state index in [1.54, 1.807) is 20.8 Å². The predicted octanol–water partition coefficient (Wildman–Crippen LogP) is 4.56. The van der Waals surface area contributed by atoms with Crippen LogP contribution in [-0.2, 0) is 9.84 Å². The van der Waals surface area contributed by atoms with Crippen molar-refractivity contribution in [1.82, 2.24) is 0 Å². The Kier molecular flexibility index (Phi) is 6.41. The zero-order valence-corrected chi connectivity index (χ0v) is 16.2. The van der Waals surface area contributed by atoms with E-state index in [1.165, 1.54) is 25.7 Å². The zero-order valence-electron chi connectivity index (χ0n) is 12.2. The van der Waals surface area contributed by atoms with Gasteiger partial charge in [0.15, 0.2) is 9.84 Å². The second-order valence-electron chi connectivity index (χ2n) is 6.79. The summed E-state index contributed by atoms with van der Waals surface area (Å²) in [7, 11) is -3.02. The summed E-state index contributed by atoms with van der Waals surface area (Å²) in [5.74, 6) is 0.950. The van der Waals surface area contributed by atoms with Crippen LogP contribution in [0.15, 0.2) is 0 Å². The molecule has 0 N–H and O–H groups in total. The summed E-state index contributed by atoms with van der Waals surface area (Å²) >= 11 is 7.27. The third-order valence-electron chi connectivity index (χ3n) is 4.56. The van der Waals surface area contributed by atoms with Crippen molar-refractivity contribution >= 4 is 41.7 Å². The van der Waals surface area contributed by atoms with E-state index in [1.807, 2.05) is 0 Å². The number of alkyl halides is 2. The Labute approximate surface area is 135 Å². The molecule has 0 spiro atoms. The lowest BCUT2D eigenvalue weighted by Gasteiger charge is -2.37. The lowest BCUT2D eigenvalue weighted by molar-refractivity contribution is 0.226. The molecule has 2 nitrogen and oxygen atoms in total. The molecule has 0 unspecified atom stereocenters. The Bertz CT molecular complexity index is 375. The Balaban J connectivity index is 2.80. The minimum Gasteiger partial charge on any atom is -0.228 e. The molecule has 1 rings (SSSR count). The minimum atomic E-state index is -3.02. The Morgan fingerprint density at radius 2 is 1.53 bits per heavy atom. The molecular formula is C14H26Br2O2S. The molecule has 0 aliphatic heterocycles. The van der Waals surface area contributed by atoms with Gasteiger partial charge in [-0.05, 0) is 51.4 Å². The van der Waals surface area contributed by atoms with Crippen molar-refractivity contribution in [3.8, 4) is 0 Å². The summed E-state index contributed by atoms with van der Waals surface area (Å²) in [5, 5.41) is 1.77. The highest BCUT2D eigenvalue weighted by atomic mass is 79.9. The van der Waals surface area contributed by atoms with Crippen LogP contribution in [0.3, 0.4) is 0 Å². The van der Waals surface area contributed by atoms with E-state index >= 15 is 0 Å². The average molecular weight is 418 g/mol. The van der Waals surface area contributed by atoms with Crippen molar-refractivity contribution in [3.63, 3.8) is 0 Å².